The van der Waals surface area contributed by atoms with E-state index in [0.29, 0.717) is 11.4 Å². The fraction of sp³-hybridized carbons (Fsp3) is 0.100. The lowest BCUT2D eigenvalue weighted by atomic mass is 10.1. The number of nitro benzene ring substituents is 1. The molecule has 0 fully saturated rings. The molecule has 7 nitrogen and oxygen atoms in total. The third-order valence-corrected chi connectivity index (χ3v) is 5.47. The van der Waals surface area contributed by atoms with Crippen LogP contribution in [-0.4, -0.2) is 16.7 Å². The molecule has 3 N–H and O–H groups in total. The number of hydrogen-bond donors (Lipinski definition) is 2. The maximum absolute atomic E-state index is 12.5. The van der Waals surface area contributed by atoms with Crippen LogP contribution in [0.1, 0.15) is 36.7 Å². The Morgan fingerprint density at radius 1 is 1.11 bits per heavy atom. The van der Waals surface area contributed by atoms with E-state index in [9.17, 15) is 19.7 Å². The van der Waals surface area contributed by atoms with Gasteiger partial charge in [0.1, 0.15) is 5.00 Å². The highest BCUT2D eigenvalue weighted by atomic mass is 32.1. The summed E-state index contributed by atoms with van der Waals surface area (Å²) in [4.78, 5) is 35.6. The summed E-state index contributed by atoms with van der Waals surface area (Å²) in [7, 11) is 0. The molecule has 0 aliphatic rings. The predicted molar refractivity (Wildman–Crippen MR) is 108 cm³/mol. The molecule has 0 bridgehead atoms. The van der Waals surface area contributed by atoms with Crippen LogP contribution in [0.4, 0.5) is 10.7 Å². The summed E-state index contributed by atoms with van der Waals surface area (Å²) in [6.07, 6.45) is 0.616. The first-order valence-electron chi connectivity index (χ1n) is 8.38. The highest BCUT2D eigenvalue weighted by Gasteiger charge is 2.21. The average Bonchev–Trinajstić information content (AvgIpc) is 2.97. The first-order valence-corrected chi connectivity index (χ1v) is 9.20. The van der Waals surface area contributed by atoms with Gasteiger partial charge in [0.25, 0.3) is 17.5 Å². The molecule has 142 valence electrons. The Balaban J connectivity index is 1.88. The van der Waals surface area contributed by atoms with Crippen LogP contribution in [0.25, 0.3) is 0 Å². The summed E-state index contributed by atoms with van der Waals surface area (Å²) in [6.45, 7) is 1.80. The van der Waals surface area contributed by atoms with Crippen molar-refractivity contribution in [2.45, 2.75) is 13.3 Å². The van der Waals surface area contributed by atoms with Crippen molar-refractivity contribution in [2.75, 3.05) is 5.32 Å². The van der Waals surface area contributed by atoms with Gasteiger partial charge >= 0.3 is 0 Å². The number of anilines is 1. The van der Waals surface area contributed by atoms with E-state index in [4.69, 9.17) is 5.73 Å². The number of rotatable bonds is 6. The summed E-state index contributed by atoms with van der Waals surface area (Å²) in [5, 5.41) is 13.8. The van der Waals surface area contributed by atoms with Crippen molar-refractivity contribution in [3.63, 3.8) is 0 Å². The number of hydrogen-bond acceptors (Lipinski definition) is 5. The molecule has 0 spiro atoms. The van der Waals surface area contributed by atoms with E-state index in [0.717, 1.165) is 16.0 Å². The second-order valence-corrected chi connectivity index (χ2v) is 7.24. The Labute approximate surface area is 165 Å². The summed E-state index contributed by atoms with van der Waals surface area (Å²) in [5.41, 5.74) is 7.77. The molecule has 28 heavy (non-hydrogen) atoms. The zero-order valence-electron chi connectivity index (χ0n) is 15.0. The number of nitrogens with two attached hydrogens (primary N) is 1. The highest BCUT2D eigenvalue weighted by Crippen LogP contribution is 2.34. The number of carbonyl (C=O) groups is 2. The van der Waals surface area contributed by atoms with Gasteiger partial charge in [0.05, 0.1) is 10.5 Å². The maximum atomic E-state index is 12.5. The SMILES string of the molecule is Cc1c(Cc2ccccc2)sc(NC(=O)c2ccc([N+](=O)[O-])cc2)c1C(N)=O. The molecule has 1 heterocycles. The number of primary amides is 1. The first-order chi connectivity index (χ1) is 13.4. The smallest absolute Gasteiger partial charge is 0.269 e. The fourth-order valence-electron chi connectivity index (χ4n) is 2.80. The van der Waals surface area contributed by atoms with E-state index < -0.39 is 16.7 Å². The Morgan fingerprint density at radius 2 is 1.75 bits per heavy atom. The maximum Gasteiger partial charge on any atom is 0.269 e. The molecule has 3 rings (SSSR count). The van der Waals surface area contributed by atoms with Gasteiger partial charge in [-0.2, -0.15) is 0 Å². The number of nitrogens with zero attached hydrogens (tertiary/aromatic N) is 1. The van der Waals surface area contributed by atoms with Crippen LogP contribution in [0.2, 0.25) is 0 Å². The molecule has 0 unspecified atom stereocenters. The van der Waals surface area contributed by atoms with Crippen LogP contribution >= 0.6 is 11.3 Å². The van der Waals surface area contributed by atoms with Gasteiger partial charge in [0, 0.05) is 29.0 Å². The molecule has 0 atom stereocenters. The molecular formula is C20H17N3O4S. The van der Waals surface area contributed by atoms with Crippen LogP contribution < -0.4 is 11.1 Å². The van der Waals surface area contributed by atoms with Crippen LogP contribution in [0.3, 0.4) is 0 Å². The Morgan fingerprint density at radius 3 is 2.32 bits per heavy atom. The Bertz CT molecular complexity index is 1040. The number of amides is 2. The van der Waals surface area contributed by atoms with Crippen molar-refractivity contribution in [3.8, 4) is 0 Å². The summed E-state index contributed by atoms with van der Waals surface area (Å²) in [5.74, 6) is -1.09. The second-order valence-electron chi connectivity index (χ2n) is 6.14. The molecule has 0 saturated carbocycles. The van der Waals surface area contributed by atoms with Gasteiger partial charge in [-0.3, -0.25) is 19.7 Å². The van der Waals surface area contributed by atoms with E-state index in [2.05, 4.69) is 5.32 Å². The van der Waals surface area contributed by atoms with Crippen molar-refractivity contribution < 1.29 is 14.5 Å². The van der Waals surface area contributed by atoms with Crippen molar-refractivity contribution in [3.05, 3.63) is 91.8 Å². The van der Waals surface area contributed by atoms with E-state index in [1.54, 1.807) is 6.92 Å². The van der Waals surface area contributed by atoms with Crippen LogP contribution in [-0.2, 0) is 6.42 Å². The van der Waals surface area contributed by atoms with Gasteiger partial charge in [-0.05, 0) is 30.2 Å². The van der Waals surface area contributed by atoms with Gasteiger partial charge in [-0.15, -0.1) is 11.3 Å². The zero-order chi connectivity index (χ0) is 20.3. The zero-order valence-corrected chi connectivity index (χ0v) is 15.8. The summed E-state index contributed by atoms with van der Waals surface area (Å²) < 4.78 is 0. The molecular weight excluding hydrogens is 378 g/mol. The molecule has 8 heteroatoms. The number of carbonyl (C=O) groups excluding carboxylic acids is 2. The van der Waals surface area contributed by atoms with Gasteiger partial charge in [0.15, 0.2) is 0 Å². The van der Waals surface area contributed by atoms with Crippen LogP contribution in [0.15, 0.2) is 54.6 Å². The van der Waals surface area contributed by atoms with Gasteiger partial charge in [-0.1, -0.05) is 30.3 Å². The van der Waals surface area contributed by atoms with Crippen molar-refractivity contribution in [2.24, 2.45) is 5.73 Å². The number of nitro groups is 1. The molecule has 0 radical (unpaired) electrons. The molecule has 0 aliphatic heterocycles. The quantitative estimate of drug-likeness (QED) is 0.486. The fourth-order valence-corrected chi connectivity index (χ4v) is 4.04. The second kappa shape index (κ2) is 8.01. The number of thiophene rings is 1. The average molecular weight is 395 g/mol. The summed E-state index contributed by atoms with van der Waals surface area (Å²) in [6, 6.07) is 15.0. The lowest BCUT2D eigenvalue weighted by molar-refractivity contribution is -0.384. The van der Waals surface area contributed by atoms with Gasteiger partial charge < -0.3 is 11.1 Å². The summed E-state index contributed by atoms with van der Waals surface area (Å²) >= 11 is 1.30. The van der Waals surface area contributed by atoms with Crippen LogP contribution in [0.5, 0.6) is 0 Å². The highest BCUT2D eigenvalue weighted by molar-refractivity contribution is 7.17. The number of benzene rings is 2. The monoisotopic (exact) mass is 395 g/mol. The lowest BCUT2D eigenvalue weighted by Gasteiger charge is -2.05. The van der Waals surface area contributed by atoms with Crippen molar-refractivity contribution >= 4 is 33.8 Å². The number of non-ortho nitro benzene ring substituents is 1. The Kier molecular flexibility index (Phi) is 5.51. The lowest BCUT2D eigenvalue weighted by Crippen LogP contribution is -2.17. The van der Waals surface area contributed by atoms with E-state index >= 15 is 0 Å². The van der Waals surface area contributed by atoms with Gasteiger partial charge in [-0.25, -0.2) is 0 Å². The normalized spacial score (nSPS) is 10.5. The minimum absolute atomic E-state index is 0.105. The molecule has 2 aromatic carbocycles. The molecule has 0 aliphatic carbocycles. The van der Waals surface area contributed by atoms with E-state index in [1.807, 2.05) is 30.3 Å². The minimum Gasteiger partial charge on any atom is -0.365 e. The minimum atomic E-state index is -0.618. The molecule has 2 amide bonds. The molecule has 1 aromatic heterocycles. The Hall–Kier alpha value is -3.52. The third kappa shape index (κ3) is 4.07. The standard InChI is InChI=1S/C20H17N3O4S/c1-12-16(11-13-5-3-2-4-6-13)28-20(17(12)18(21)24)22-19(25)14-7-9-15(10-8-14)23(26)27/h2-10H,11H2,1H3,(H2,21,24)(H,22,25). The number of nitrogens with one attached hydrogen (secondary N) is 1. The van der Waals surface area contributed by atoms with Gasteiger partial charge in [0.2, 0.25) is 0 Å². The van der Waals surface area contributed by atoms with E-state index in [-0.39, 0.29) is 16.8 Å². The molecule has 0 saturated heterocycles. The van der Waals surface area contributed by atoms with Crippen LogP contribution in [0, 0.1) is 17.0 Å². The van der Waals surface area contributed by atoms with E-state index in [1.165, 1.54) is 35.6 Å². The predicted octanol–water partition coefficient (Wildman–Crippen LogP) is 3.91. The largest absolute Gasteiger partial charge is 0.365 e. The third-order valence-electron chi connectivity index (χ3n) is 4.27. The first kappa shape index (κ1) is 19.2. The van der Waals surface area contributed by atoms with Crippen molar-refractivity contribution in [1.82, 2.24) is 0 Å². The molecule has 3 aromatic rings. The van der Waals surface area contributed by atoms with Crippen molar-refractivity contribution in [1.29, 1.82) is 0 Å². The topological polar surface area (TPSA) is 115 Å².